The number of furan rings is 1. The van der Waals surface area contributed by atoms with E-state index in [4.69, 9.17) is 9.56 Å². The van der Waals surface area contributed by atoms with Gasteiger partial charge < -0.3 is 9.32 Å². The quantitative estimate of drug-likeness (QED) is 0.875. The molecule has 8 heteroatoms. The zero-order valence-corrected chi connectivity index (χ0v) is 13.4. The maximum Gasteiger partial charge on any atom is 0.289 e. The fraction of sp³-hybridized carbons (Fsp3) is 0.545. The first kappa shape index (κ1) is 16.2. The standard InChI is InChI=1S/C11H17BrN2O4S/c1-4-7(3)14(5-2)11(15)8-6-9(10(12)18-8)19(13,16)17/h6-7H,4-5H2,1-3H3,(H2,13,16,17). The summed E-state index contributed by atoms with van der Waals surface area (Å²) in [5.74, 6) is -0.398. The number of halogens is 1. The molecule has 1 aromatic rings. The number of hydrogen-bond acceptors (Lipinski definition) is 4. The summed E-state index contributed by atoms with van der Waals surface area (Å²) in [5, 5.41) is 5.02. The number of carbonyl (C=O) groups is 1. The number of carbonyl (C=O) groups excluding carboxylic acids is 1. The van der Waals surface area contributed by atoms with E-state index >= 15 is 0 Å². The molecule has 0 spiro atoms. The van der Waals surface area contributed by atoms with Crippen LogP contribution in [0.15, 0.2) is 20.0 Å². The van der Waals surface area contributed by atoms with Crippen molar-refractivity contribution in [3.05, 3.63) is 16.5 Å². The predicted molar refractivity (Wildman–Crippen MR) is 74.2 cm³/mol. The Bertz CT molecular complexity index is 567. The summed E-state index contributed by atoms with van der Waals surface area (Å²) in [6.45, 7) is 6.24. The van der Waals surface area contributed by atoms with E-state index in [9.17, 15) is 13.2 Å². The van der Waals surface area contributed by atoms with E-state index in [-0.39, 0.29) is 27.3 Å². The molecule has 6 nitrogen and oxygen atoms in total. The topological polar surface area (TPSA) is 93.6 Å². The van der Waals surface area contributed by atoms with Crippen molar-refractivity contribution in [2.45, 2.75) is 38.1 Å². The van der Waals surface area contributed by atoms with Crippen molar-refractivity contribution in [3.8, 4) is 0 Å². The summed E-state index contributed by atoms with van der Waals surface area (Å²) >= 11 is 2.95. The summed E-state index contributed by atoms with van der Waals surface area (Å²) in [6.07, 6.45) is 0.795. The van der Waals surface area contributed by atoms with Crippen LogP contribution in [0.5, 0.6) is 0 Å². The van der Waals surface area contributed by atoms with Gasteiger partial charge in [-0.2, -0.15) is 0 Å². The number of hydrogen-bond donors (Lipinski definition) is 1. The van der Waals surface area contributed by atoms with Crippen molar-refractivity contribution in [2.24, 2.45) is 5.14 Å². The van der Waals surface area contributed by atoms with Crippen LogP contribution in [-0.2, 0) is 10.0 Å². The fourth-order valence-corrected chi connectivity index (χ4v) is 3.17. The molecule has 0 fully saturated rings. The first-order valence-electron chi connectivity index (χ1n) is 5.85. The van der Waals surface area contributed by atoms with Crippen LogP contribution in [0.3, 0.4) is 0 Å². The van der Waals surface area contributed by atoms with E-state index in [2.05, 4.69) is 15.9 Å². The molecule has 108 valence electrons. The third kappa shape index (κ3) is 3.58. The van der Waals surface area contributed by atoms with Crippen LogP contribution in [0.2, 0.25) is 0 Å². The molecule has 0 aromatic carbocycles. The molecule has 0 saturated heterocycles. The van der Waals surface area contributed by atoms with Gasteiger partial charge in [0, 0.05) is 18.7 Å². The number of amides is 1. The smallest absolute Gasteiger partial charge is 0.289 e. The average Bonchev–Trinajstić information content (AvgIpc) is 2.71. The molecule has 0 aliphatic rings. The number of nitrogens with zero attached hydrogens (tertiary/aromatic N) is 1. The highest BCUT2D eigenvalue weighted by atomic mass is 79.9. The predicted octanol–water partition coefficient (Wildman–Crippen LogP) is 1.95. The molecule has 0 saturated carbocycles. The van der Waals surface area contributed by atoms with Crippen molar-refractivity contribution < 1.29 is 17.6 Å². The van der Waals surface area contributed by atoms with Crippen LogP contribution >= 0.6 is 15.9 Å². The maximum absolute atomic E-state index is 12.2. The molecule has 0 bridgehead atoms. The summed E-state index contributed by atoms with van der Waals surface area (Å²) in [5.41, 5.74) is 0. The normalized spacial score (nSPS) is 13.3. The Morgan fingerprint density at radius 3 is 2.47 bits per heavy atom. The van der Waals surface area contributed by atoms with Crippen molar-refractivity contribution >= 4 is 31.9 Å². The molecule has 0 aliphatic carbocycles. The van der Waals surface area contributed by atoms with E-state index in [1.807, 2.05) is 20.8 Å². The Kier molecular flexibility index (Phi) is 5.17. The second kappa shape index (κ2) is 6.06. The Labute approximate surface area is 121 Å². The van der Waals surface area contributed by atoms with Gasteiger partial charge in [0.25, 0.3) is 5.91 Å². The van der Waals surface area contributed by atoms with Gasteiger partial charge in [-0.25, -0.2) is 13.6 Å². The van der Waals surface area contributed by atoms with Crippen molar-refractivity contribution in [1.29, 1.82) is 0 Å². The molecule has 1 amide bonds. The summed E-state index contributed by atoms with van der Waals surface area (Å²) < 4.78 is 27.7. The van der Waals surface area contributed by atoms with E-state index < -0.39 is 10.0 Å². The lowest BCUT2D eigenvalue weighted by atomic mass is 10.2. The largest absolute Gasteiger partial charge is 0.443 e. The minimum absolute atomic E-state index is 0.0410. The van der Waals surface area contributed by atoms with Gasteiger partial charge in [0.1, 0.15) is 4.90 Å². The van der Waals surface area contributed by atoms with Crippen LogP contribution in [0.25, 0.3) is 0 Å². The molecule has 2 N–H and O–H groups in total. The van der Waals surface area contributed by atoms with Crippen LogP contribution in [0, 0.1) is 0 Å². The van der Waals surface area contributed by atoms with E-state index in [1.54, 1.807) is 4.90 Å². The van der Waals surface area contributed by atoms with Crippen LogP contribution in [-0.4, -0.2) is 31.8 Å². The van der Waals surface area contributed by atoms with E-state index in [0.717, 1.165) is 12.5 Å². The summed E-state index contributed by atoms with van der Waals surface area (Å²) in [6, 6.07) is 1.19. The lowest BCUT2D eigenvalue weighted by molar-refractivity contribution is 0.0666. The molecule has 1 rings (SSSR count). The molecule has 1 aromatic heterocycles. The zero-order chi connectivity index (χ0) is 14.8. The third-order valence-electron chi connectivity index (χ3n) is 2.90. The second-order valence-corrected chi connectivity index (χ2v) is 6.39. The minimum atomic E-state index is -3.92. The maximum atomic E-state index is 12.2. The summed E-state index contributed by atoms with van der Waals surface area (Å²) in [4.78, 5) is 13.6. The van der Waals surface area contributed by atoms with Gasteiger partial charge in [0.15, 0.2) is 10.4 Å². The summed E-state index contributed by atoms with van der Waals surface area (Å²) in [7, 11) is -3.92. The lowest BCUT2D eigenvalue weighted by Crippen LogP contribution is -2.37. The van der Waals surface area contributed by atoms with E-state index in [1.165, 1.54) is 0 Å². The van der Waals surface area contributed by atoms with Crippen molar-refractivity contribution in [2.75, 3.05) is 6.54 Å². The molecule has 1 heterocycles. The van der Waals surface area contributed by atoms with Gasteiger partial charge in [-0.05, 0) is 36.2 Å². The highest BCUT2D eigenvalue weighted by molar-refractivity contribution is 9.10. The van der Waals surface area contributed by atoms with Gasteiger partial charge in [0.2, 0.25) is 10.0 Å². The molecular weight excluding hydrogens is 336 g/mol. The Hall–Kier alpha value is -0.860. The Balaban J connectivity index is 3.14. The van der Waals surface area contributed by atoms with Gasteiger partial charge in [-0.1, -0.05) is 6.92 Å². The first-order valence-corrected chi connectivity index (χ1v) is 8.19. The molecule has 1 unspecified atom stereocenters. The van der Waals surface area contributed by atoms with Crippen LogP contribution in [0.1, 0.15) is 37.7 Å². The minimum Gasteiger partial charge on any atom is -0.443 e. The van der Waals surface area contributed by atoms with Crippen molar-refractivity contribution in [1.82, 2.24) is 4.90 Å². The second-order valence-electron chi connectivity index (χ2n) is 4.14. The SMILES string of the molecule is CCC(C)N(CC)C(=O)c1cc(S(N)(=O)=O)c(Br)o1. The number of primary sulfonamides is 1. The molecule has 0 aliphatic heterocycles. The fourth-order valence-electron chi connectivity index (χ4n) is 1.67. The molecule has 19 heavy (non-hydrogen) atoms. The van der Waals surface area contributed by atoms with Gasteiger partial charge in [0.05, 0.1) is 0 Å². The Morgan fingerprint density at radius 1 is 1.53 bits per heavy atom. The Morgan fingerprint density at radius 2 is 2.11 bits per heavy atom. The average molecular weight is 353 g/mol. The molecule has 0 radical (unpaired) electrons. The zero-order valence-electron chi connectivity index (χ0n) is 11.0. The number of sulfonamides is 1. The molecule has 1 atom stereocenters. The first-order chi connectivity index (χ1) is 8.72. The van der Waals surface area contributed by atoms with Gasteiger partial charge in [-0.15, -0.1) is 0 Å². The number of nitrogens with two attached hydrogens (primary N) is 1. The van der Waals surface area contributed by atoms with Crippen LogP contribution < -0.4 is 5.14 Å². The number of rotatable bonds is 5. The van der Waals surface area contributed by atoms with Crippen molar-refractivity contribution in [3.63, 3.8) is 0 Å². The lowest BCUT2D eigenvalue weighted by Gasteiger charge is -2.26. The van der Waals surface area contributed by atoms with E-state index in [0.29, 0.717) is 6.54 Å². The van der Waals surface area contributed by atoms with Gasteiger partial charge in [-0.3, -0.25) is 4.79 Å². The highest BCUT2D eigenvalue weighted by Gasteiger charge is 2.26. The monoisotopic (exact) mass is 352 g/mol. The van der Waals surface area contributed by atoms with Crippen LogP contribution in [0.4, 0.5) is 0 Å². The highest BCUT2D eigenvalue weighted by Crippen LogP contribution is 2.26. The van der Waals surface area contributed by atoms with Gasteiger partial charge >= 0.3 is 0 Å². The molecular formula is C11H17BrN2O4S. The third-order valence-corrected chi connectivity index (χ3v) is 4.67.